The Bertz CT molecular complexity index is 458. The Hall–Kier alpha value is -1.17. The van der Waals surface area contributed by atoms with Gasteiger partial charge in [-0.3, -0.25) is 9.48 Å². The zero-order valence-corrected chi connectivity index (χ0v) is 10.6. The fourth-order valence-electron chi connectivity index (χ4n) is 1.81. The van der Waals surface area contributed by atoms with E-state index in [1.165, 1.54) is 4.68 Å². The molecule has 0 aromatic carbocycles. The van der Waals surface area contributed by atoms with E-state index in [1.54, 1.807) is 6.92 Å². The van der Waals surface area contributed by atoms with Crippen molar-refractivity contribution in [1.29, 1.82) is 0 Å². The second-order valence-corrected chi connectivity index (χ2v) is 4.50. The molecule has 0 spiro atoms. The largest absolute Gasteiger partial charge is 0.465 e. The summed E-state index contributed by atoms with van der Waals surface area (Å²) >= 11 is 5.90. The Balaban J connectivity index is 2.27. The second-order valence-electron chi connectivity index (χ2n) is 4.12. The van der Waals surface area contributed by atoms with Crippen LogP contribution >= 0.6 is 11.6 Å². The summed E-state index contributed by atoms with van der Waals surface area (Å²) in [4.78, 5) is 11.4. The zero-order valence-electron chi connectivity index (χ0n) is 9.83. The van der Waals surface area contributed by atoms with Gasteiger partial charge in [0, 0.05) is 5.92 Å². The summed E-state index contributed by atoms with van der Waals surface area (Å²) in [6.07, 6.45) is -0.966. The van der Waals surface area contributed by atoms with Gasteiger partial charge in [-0.15, -0.1) is 0 Å². The van der Waals surface area contributed by atoms with Gasteiger partial charge in [-0.2, -0.15) is 5.10 Å². The van der Waals surface area contributed by atoms with Crippen LogP contribution < -0.4 is 0 Å². The molecule has 1 aliphatic carbocycles. The van der Waals surface area contributed by atoms with Crippen LogP contribution in [0.3, 0.4) is 0 Å². The smallest absolute Gasteiger partial charge is 0.327 e. The van der Waals surface area contributed by atoms with Crippen molar-refractivity contribution in [3.63, 3.8) is 0 Å². The van der Waals surface area contributed by atoms with E-state index in [0.29, 0.717) is 5.69 Å². The summed E-state index contributed by atoms with van der Waals surface area (Å²) in [6.45, 7) is 1.75. The molecule has 2 rings (SSSR count). The van der Waals surface area contributed by atoms with Crippen molar-refractivity contribution < 1.29 is 18.3 Å². The van der Waals surface area contributed by atoms with Gasteiger partial charge in [-0.05, 0) is 19.8 Å². The van der Waals surface area contributed by atoms with E-state index in [2.05, 4.69) is 5.10 Å². The normalized spacial score (nSPS) is 15.2. The van der Waals surface area contributed by atoms with Crippen LogP contribution in [-0.2, 0) is 16.1 Å². The number of halogens is 3. The molecule has 0 saturated heterocycles. The molecule has 0 N–H and O–H groups in total. The first kappa shape index (κ1) is 13.3. The molecule has 0 atom stereocenters. The highest BCUT2D eigenvalue weighted by molar-refractivity contribution is 6.32. The van der Waals surface area contributed by atoms with Crippen molar-refractivity contribution in [2.24, 2.45) is 0 Å². The highest BCUT2D eigenvalue weighted by Crippen LogP contribution is 2.45. The minimum atomic E-state index is -2.74. The topological polar surface area (TPSA) is 44.1 Å². The minimum absolute atomic E-state index is 0.0169. The third kappa shape index (κ3) is 2.63. The average Bonchev–Trinajstić information content (AvgIpc) is 3.05. The SMILES string of the molecule is CCOC(=O)Cn1nc(C(F)F)c(Cl)c1C1CC1. The number of carbonyl (C=O) groups is 1. The lowest BCUT2D eigenvalue weighted by atomic mass is 10.2. The van der Waals surface area contributed by atoms with Gasteiger partial charge in [0.05, 0.1) is 17.3 Å². The number of hydrogen-bond acceptors (Lipinski definition) is 3. The highest BCUT2D eigenvalue weighted by atomic mass is 35.5. The zero-order chi connectivity index (χ0) is 13.3. The quantitative estimate of drug-likeness (QED) is 0.778. The number of rotatable bonds is 5. The summed E-state index contributed by atoms with van der Waals surface area (Å²) in [5.74, 6) is -0.369. The molecule has 4 nitrogen and oxygen atoms in total. The predicted octanol–water partition coefficient (Wildman–Crippen LogP) is 2.91. The van der Waals surface area contributed by atoms with Gasteiger partial charge in [0.2, 0.25) is 0 Å². The molecule has 1 aromatic heterocycles. The third-order valence-electron chi connectivity index (χ3n) is 2.71. The van der Waals surface area contributed by atoms with E-state index in [0.717, 1.165) is 12.8 Å². The molecule has 100 valence electrons. The maximum absolute atomic E-state index is 12.7. The van der Waals surface area contributed by atoms with Crippen molar-refractivity contribution in [1.82, 2.24) is 9.78 Å². The van der Waals surface area contributed by atoms with Crippen LogP contribution in [0.15, 0.2) is 0 Å². The number of carbonyl (C=O) groups excluding carboxylic acids is 1. The molecule has 0 aliphatic heterocycles. The van der Waals surface area contributed by atoms with E-state index < -0.39 is 18.1 Å². The van der Waals surface area contributed by atoms with Gasteiger partial charge in [0.1, 0.15) is 12.2 Å². The van der Waals surface area contributed by atoms with E-state index in [-0.39, 0.29) is 24.1 Å². The fourth-order valence-corrected chi connectivity index (χ4v) is 2.18. The third-order valence-corrected chi connectivity index (χ3v) is 3.10. The van der Waals surface area contributed by atoms with Crippen LogP contribution in [0.4, 0.5) is 8.78 Å². The number of nitrogens with zero attached hydrogens (tertiary/aromatic N) is 2. The Morgan fingerprint density at radius 2 is 2.28 bits per heavy atom. The summed E-state index contributed by atoms with van der Waals surface area (Å²) in [5, 5.41) is 3.71. The maximum atomic E-state index is 12.7. The van der Waals surface area contributed by atoms with Gasteiger partial charge >= 0.3 is 5.97 Å². The lowest BCUT2D eigenvalue weighted by Gasteiger charge is -2.06. The van der Waals surface area contributed by atoms with Crippen molar-refractivity contribution in [2.45, 2.75) is 38.7 Å². The molecule has 0 amide bonds. The molecule has 7 heteroatoms. The predicted molar refractivity (Wildman–Crippen MR) is 60.8 cm³/mol. The molecular weight excluding hydrogens is 266 g/mol. The molecule has 0 radical (unpaired) electrons. The van der Waals surface area contributed by atoms with E-state index in [4.69, 9.17) is 16.3 Å². The van der Waals surface area contributed by atoms with E-state index in [9.17, 15) is 13.6 Å². The Kier molecular flexibility index (Phi) is 3.85. The van der Waals surface area contributed by atoms with Crippen LogP contribution in [0.2, 0.25) is 5.02 Å². The number of hydrogen-bond donors (Lipinski definition) is 0. The average molecular weight is 279 g/mol. The fraction of sp³-hybridized carbons (Fsp3) is 0.636. The van der Waals surface area contributed by atoms with Gasteiger partial charge in [0.15, 0.2) is 0 Å². The number of aromatic nitrogens is 2. The van der Waals surface area contributed by atoms with Crippen molar-refractivity contribution in [3.05, 3.63) is 16.4 Å². The van der Waals surface area contributed by atoms with Gasteiger partial charge in [0.25, 0.3) is 6.43 Å². The molecule has 0 unspecified atom stereocenters. The van der Waals surface area contributed by atoms with Crippen LogP contribution in [0.5, 0.6) is 0 Å². The molecule has 18 heavy (non-hydrogen) atoms. The van der Waals surface area contributed by atoms with Crippen LogP contribution in [0.1, 0.15) is 43.5 Å². The van der Waals surface area contributed by atoms with Crippen LogP contribution in [-0.4, -0.2) is 22.4 Å². The summed E-state index contributed by atoms with van der Waals surface area (Å²) in [5.41, 5.74) is 0.0721. The first-order valence-electron chi connectivity index (χ1n) is 5.74. The van der Waals surface area contributed by atoms with Crippen LogP contribution in [0, 0.1) is 0 Å². The molecule has 1 aromatic rings. The van der Waals surface area contributed by atoms with E-state index in [1.807, 2.05) is 0 Å². The minimum Gasteiger partial charge on any atom is -0.465 e. The summed E-state index contributed by atoms with van der Waals surface area (Å²) < 4.78 is 31.5. The van der Waals surface area contributed by atoms with Crippen LogP contribution in [0.25, 0.3) is 0 Å². The highest BCUT2D eigenvalue weighted by Gasteiger charge is 2.34. The lowest BCUT2D eigenvalue weighted by molar-refractivity contribution is -0.144. The maximum Gasteiger partial charge on any atom is 0.327 e. The van der Waals surface area contributed by atoms with Gasteiger partial charge in [-0.1, -0.05) is 11.6 Å². The Morgan fingerprint density at radius 1 is 1.61 bits per heavy atom. The Morgan fingerprint density at radius 3 is 2.78 bits per heavy atom. The summed E-state index contributed by atoms with van der Waals surface area (Å²) in [6, 6.07) is 0. The van der Waals surface area contributed by atoms with Crippen molar-refractivity contribution >= 4 is 17.6 Å². The molecule has 1 heterocycles. The van der Waals surface area contributed by atoms with Gasteiger partial charge < -0.3 is 4.74 Å². The molecule has 1 aliphatic rings. The molecule has 0 bridgehead atoms. The van der Waals surface area contributed by atoms with Gasteiger partial charge in [-0.25, -0.2) is 8.78 Å². The lowest BCUT2D eigenvalue weighted by Crippen LogP contribution is -2.16. The summed E-state index contributed by atoms with van der Waals surface area (Å²) in [7, 11) is 0. The first-order valence-corrected chi connectivity index (χ1v) is 6.12. The monoisotopic (exact) mass is 278 g/mol. The molecule has 1 saturated carbocycles. The molecule has 1 fully saturated rings. The van der Waals surface area contributed by atoms with Crippen molar-refractivity contribution in [3.8, 4) is 0 Å². The molecular formula is C11H13ClF2N2O2. The number of ether oxygens (including phenoxy) is 1. The second kappa shape index (κ2) is 5.22. The standard InChI is InChI=1S/C11H13ClF2N2O2/c1-2-18-7(17)5-16-10(6-3-4-6)8(12)9(15-16)11(13)14/h6,11H,2-5H2,1H3. The Labute approximate surface area is 108 Å². The van der Waals surface area contributed by atoms with Crippen molar-refractivity contribution in [2.75, 3.05) is 6.61 Å². The number of esters is 1. The number of alkyl halides is 2. The van der Waals surface area contributed by atoms with E-state index >= 15 is 0 Å². The first-order chi connectivity index (χ1) is 8.54.